The zero-order chi connectivity index (χ0) is 20.0. The van der Waals surface area contributed by atoms with Crippen molar-refractivity contribution in [3.8, 4) is 0 Å². The number of amides is 1. The fourth-order valence-electron chi connectivity index (χ4n) is 6.58. The summed E-state index contributed by atoms with van der Waals surface area (Å²) < 4.78 is 0. The molecule has 4 aliphatic rings. The number of β-amino-alcohol motifs (C(OH)–C–C–N with tert-alkyl or cyclic N) is 1. The lowest BCUT2D eigenvalue weighted by molar-refractivity contribution is -0.162. The van der Waals surface area contributed by atoms with Gasteiger partial charge < -0.3 is 14.9 Å². The normalized spacial score (nSPS) is 35.0. The van der Waals surface area contributed by atoms with Gasteiger partial charge in [-0.1, -0.05) is 26.7 Å². The summed E-state index contributed by atoms with van der Waals surface area (Å²) in [6.07, 6.45) is 10.4. The summed E-state index contributed by atoms with van der Waals surface area (Å²) in [6.45, 7) is 9.51. The molecule has 1 unspecified atom stereocenters. The minimum atomic E-state index is -0.706. The van der Waals surface area contributed by atoms with Crippen molar-refractivity contribution in [1.82, 2.24) is 14.7 Å². The van der Waals surface area contributed by atoms with E-state index >= 15 is 0 Å². The Labute approximate surface area is 171 Å². The maximum atomic E-state index is 13.0. The molecule has 0 aromatic heterocycles. The van der Waals surface area contributed by atoms with E-state index < -0.39 is 5.60 Å². The molecule has 2 saturated heterocycles. The number of hydrogen-bond acceptors (Lipinski definition) is 4. The minimum absolute atomic E-state index is 0.00757. The second-order valence-electron chi connectivity index (χ2n) is 11.2. The van der Waals surface area contributed by atoms with Crippen molar-refractivity contribution in [3.05, 3.63) is 0 Å². The first-order valence-electron chi connectivity index (χ1n) is 11.6. The third-order valence-corrected chi connectivity index (χ3v) is 8.65. The molecule has 1 atom stereocenters. The van der Waals surface area contributed by atoms with E-state index in [1.807, 2.05) is 4.90 Å². The highest BCUT2D eigenvalue weighted by Crippen LogP contribution is 2.51. The van der Waals surface area contributed by atoms with Gasteiger partial charge in [-0.3, -0.25) is 9.69 Å². The van der Waals surface area contributed by atoms with Gasteiger partial charge in [-0.05, 0) is 57.4 Å². The van der Waals surface area contributed by atoms with E-state index in [1.54, 1.807) is 0 Å². The van der Waals surface area contributed by atoms with E-state index in [0.29, 0.717) is 24.5 Å². The molecule has 4 rings (SSSR count). The summed E-state index contributed by atoms with van der Waals surface area (Å²) in [5.74, 6) is 0.233. The highest BCUT2D eigenvalue weighted by molar-refractivity contribution is 5.79. The van der Waals surface area contributed by atoms with Gasteiger partial charge in [-0.25, -0.2) is 0 Å². The summed E-state index contributed by atoms with van der Waals surface area (Å²) in [7, 11) is 2.18. The van der Waals surface area contributed by atoms with Gasteiger partial charge >= 0.3 is 0 Å². The van der Waals surface area contributed by atoms with Crippen molar-refractivity contribution in [3.63, 3.8) is 0 Å². The maximum Gasteiger partial charge on any atom is 0.236 e. The average molecular weight is 392 g/mol. The molecule has 1 amide bonds. The monoisotopic (exact) mass is 391 g/mol. The highest BCUT2D eigenvalue weighted by Gasteiger charge is 2.55. The lowest BCUT2D eigenvalue weighted by atomic mass is 9.65. The summed E-state index contributed by atoms with van der Waals surface area (Å²) in [4.78, 5) is 19.8. The SMILES string of the molecule is CN1CCC(O)(CN2CCN(C3CCC(C)(C)CC3)CC2=O)C2(CCCC2)C1. The van der Waals surface area contributed by atoms with Gasteiger partial charge in [0.05, 0.1) is 18.7 Å². The van der Waals surface area contributed by atoms with Crippen LogP contribution in [-0.4, -0.2) is 83.7 Å². The molecule has 0 aromatic carbocycles. The van der Waals surface area contributed by atoms with E-state index in [9.17, 15) is 9.90 Å². The van der Waals surface area contributed by atoms with Crippen LogP contribution in [0.4, 0.5) is 0 Å². The Morgan fingerprint density at radius 1 is 1.00 bits per heavy atom. The Balaban J connectivity index is 1.38. The van der Waals surface area contributed by atoms with Crippen LogP contribution in [0.15, 0.2) is 0 Å². The van der Waals surface area contributed by atoms with Crippen LogP contribution in [0.3, 0.4) is 0 Å². The van der Waals surface area contributed by atoms with Crippen LogP contribution < -0.4 is 0 Å². The number of carbonyl (C=O) groups excluding carboxylic acids is 1. The molecule has 4 fully saturated rings. The second kappa shape index (κ2) is 7.55. The van der Waals surface area contributed by atoms with Crippen LogP contribution >= 0.6 is 0 Å². The first-order valence-corrected chi connectivity index (χ1v) is 11.6. The van der Waals surface area contributed by atoms with Crippen molar-refractivity contribution in [1.29, 1.82) is 0 Å². The van der Waals surface area contributed by atoms with Crippen molar-refractivity contribution in [2.24, 2.45) is 10.8 Å². The Kier molecular flexibility index (Phi) is 5.56. The van der Waals surface area contributed by atoms with Crippen molar-refractivity contribution >= 4 is 5.91 Å². The predicted molar refractivity (Wildman–Crippen MR) is 112 cm³/mol. The number of piperazine rings is 1. The molecule has 5 heteroatoms. The minimum Gasteiger partial charge on any atom is -0.387 e. The summed E-state index contributed by atoms with van der Waals surface area (Å²) in [5.41, 5.74) is -0.246. The van der Waals surface area contributed by atoms with Gasteiger partial charge in [0.2, 0.25) is 5.91 Å². The number of piperidine rings is 1. The van der Waals surface area contributed by atoms with Crippen LogP contribution in [0, 0.1) is 10.8 Å². The molecule has 1 N–H and O–H groups in total. The van der Waals surface area contributed by atoms with Crippen molar-refractivity contribution in [2.75, 3.05) is 46.3 Å². The van der Waals surface area contributed by atoms with Crippen molar-refractivity contribution in [2.45, 2.75) is 83.3 Å². The molecular formula is C23H41N3O2. The van der Waals surface area contributed by atoms with Gasteiger partial charge in [0, 0.05) is 37.6 Å². The summed E-state index contributed by atoms with van der Waals surface area (Å²) in [6, 6.07) is 0.576. The van der Waals surface area contributed by atoms with E-state index in [0.717, 1.165) is 45.4 Å². The number of likely N-dealkylation sites (tertiary alicyclic amines) is 1. The Bertz CT molecular complexity index is 576. The van der Waals surface area contributed by atoms with Crippen LogP contribution in [-0.2, 0) is 4.79 Å². The number of carbonyl (C=O) groups is 1. The number of nitrogens with zero attached hydrogens (tertiary/aromatic N) is 3. The second-order valence-corrected chi connectivity index (χ2v) is 11.2. The van der Waals surface area contributed by atoms with Crippen LogP contribution in [0.5, 0.6) is 0 Å². The lowest BCUT2D eigenvalue weighted by Gasteiger charge is -2.54. The lowest BCUT2D eigenvalue weighted by Crippen LogP contribution is -2.65. The number of rotatable bonds is 3. The first kappa shape index (κ1) is 20.6. The Morgan fingerprint density at radius 2 is 1.68 bits per heavy atom. The summed E-state index contributed by atoms with van der Waals surface area (Å²) >= 11 is 0. The molecule has 1 spiro atoms. The maximum absolute atomic E-state index is 13.0. The van der Waals surface area contributed by atoms with Gasteiger partial charge in [-0.2, -0.15) is 0 Å². The predicted octanol–water partition coefficient (Wildman–Crippen LogP) is 2.73. The van der Waals surface area contributed by atoms with Crippen molar-refractivity contribution < 1.29 is 9.90 Å². The first-order chi connectivity index (χ1) is 13.2. The van der Waals surface area contributed by atoms with Gasteiger partial charge in [0.15, 0.2) is 0 Å². The van der Waals surface area contributed by atoms with E-state index in [4.69, 9.17) is 0 Å². The van der Waals surface area contributed by atoms with Gasteiger partial charge in [0.25, 0.3) is 0 Å². The van der Waals surface area contributed by atoms with Crippen LogP contribution in [0.25, 0.3) is 0 Å². The fraction of sp³-hybridized carbons (Fsp3) is 0.957. The molecule has 0 aromatic rings. The molecular weight excluding hydrogens is 350 g/mol. The average Bonchev–Trinajstić information content (AvgIpc) is 3.11. The van der Waals surface area contributed by atoms with Gasteiger partial charge in [0.1, 0.15) is 0 Å². The highest BCUT2D eigenvalue weighted by atomic mass is 16.3. The van der Waals surface area contributed by atoms with E-state index in [1.165, 1.54) is 38.5 Å². The summed E-state index contributed by atoms with van der Waals surface area (Å²) in [5, 5.41) is 11.7. The Hall–Kier alpha value is -0.650. The quantitative estimate of drug-likeness (QED) is 0.804. The van der Waals surface area contributed by atoms with E-state index in [2.05, 4.69) is 30.7 Å². The largest absolute Gasteiger partial charge is 0.387 e. The standard InChI is InChI=1S/C23H41N3O2/c1-21(2)10-6-19(7-11-21)25-14-15-26(20(27)16-25)18-23(28)12-13-24(3)17-22(23)8-4-5-9-22/h19,28H,4-18H2,1-3H3. The van der Waals surface area contributed by atoms with Crippen LogP contribution in [0.2, 0.25) is 0 Å². The molecule has 0 bridgehead atoms. The molecule has 2 saturated carbocycles. The molecule has 5 nitrogen and oxygen atoms in total. The van der Waals surface area contributed by atoms with Gasteiger partial charge in [-0.15, -0.1) is 0 Å². The third-order valence-electron chi connectivity index (χ3n) is 8.65. The Morgan fingerprint density at radius 3 is 2.32 bits per heavy atom. The topological polar surface area (TPSA) is 47.0 Å². The third kappa shape index (κ3) is 3.87. The smallest absolute Gasteiger partial charge is 0.236 e. The molecule has 2 aliphatic heterocycles. The molecule has 0 radical (unpaired) electrons. The molecule has 2 heterocycles. The molecule has 2 aliphatic carbocycles. The molecule has 160 valence electrons. The fourth-order valence-corrected chi connectivity index (χ4v) is 6.58. The zero-order valence-electron chi connectivity index (χ0n) is 18.4. The van der Waals surface area contributed by atoms with Crippen LogP contribution in [0.1, 0.15) is 71.6 Å². The number of hydrogen-bond donors (Lipinski definition) is 1. The molecule has 28 heavy (non-hydrogen) atoms. The number of aliphatic hydroxyl groups is 1. The van der Waals surface area contributed by atoms with E-state index in [-0.39, 0.29) is 11.3 Å². The zero-order valence-corrected chi connectivity index (χ0v) is 18.4.